The first-order chi connectivity index (χ1) is 10.2. The lowest BCUT2D eigenvalue weighted by Crippen LogP contribution is -2.42. The second-order valence-corrected chi connectivity index (χ2v) is 6.89. The van der Waals surface area contributed by atoms with E-state index in [0.29, 0.717) is 22.9 Å². The third kappa shape index (κ3) is 2.38. The largest absolute Gasteiger partial charge is 0.441 e. The Balaban J connectivity index is 1.46. The Hall–Kier alpha value is -1.66. The van der Waals surface area contributed by atoms with E-state index in [9.17, 15) is 4.79 Å². The smallest absolute Gasteiger partial charge is 0.261 e. The number of rotatable bonds is 3. The van der Waals surface area contributed by atoms with Gasteiger partial charge in [-0.2, -0.15) is 0 Å². The predicted octanol–water partition coefficient (Wildman–Crippen LogP) is 2.33. The average molecular weight is 303 g/mol. The van der Waals surface area contributed by atoms with Crippen molar-refractivity contribution >= 4 is 17.2 Å². The van der Waals surface area contributed by atoms with Crippen LogP contribution in [0.5, 0.6) is 0 Å². The zero-order valence-electron chi connectivity index (χ0n) is 11.8. The standard InChI is InChI=1S/C15H17N3O2S/c1-8-7-16-15(20-8)13-5-4-12(21-13)14(19)18-11-6-9-2-3-10(11)17-9/h4-5,7,9-11,17H,2-3,6H2,1H3,(H,18,19). The molecule has 2 aromatic heterocycles. The van der Waals surface area contributed by atoms with E-state index in [1.807, 2.05) is 19.1 Å². The van der Waals surface area contributed by atoms with Crippen molar-refractivity contribution in [2.45, 2.75) is 44.3 Å². The highest BCUT2D eigenvalue weighted by Gasteiger charge is 2.39. The number of fused-ring (bicyclic) bond motifs is 2. The molecule has 2 aromatic rings. The number of nitrogens with zero attached hydrogens (tertiary/aromatic N) is 1. The van der Waals surface area contributed by atoms with Gasteiger partial charge in [0.2, 0.25) is 5.89 Å². The van der Waals surface area contributed by atoms with Crippen LogP contribution in [-0.2, 0) is 0 Å². The number of thiophene rings is 1. The highest BCUT2D eigenvalue weighted by molar-refractivity contribution is 7.17. The monoisotopic (exact) mass is 303 g/mol. The molecule has 0 aliphatic carbocycles. The number of hydrogen-bond acceptors (Lipinski definition) is 5. The summed E-state index contributed by atoms with van der Waals surface area (Å²) >= 11 is 1.42. The van der Waals surface area contributed by atoms with Gasteiger partial charge in [0.15, 0.2) is 0 Å². The molecule has 0 spiro atoms. The van der Waals surface area contributed by atoms with Gasteiger partial charge in [0.1, 0.15) is 5.76 Å². The molecule has 3 unspecified atom stereocenters. The third-order valence-electron chi connectivity index (χ3n) is 4.28. The van der Waals surface area contributed by atoms with Crippen LogP contribution in [0.4, 0.5) is 0 Å². The number of carbonyl (C=O) groups is 1. The summed E-state index contributed by atoms with van der Waals surface area (Å²) in [6.45, 7) is 1.86. The van der Waals surface area contributed by atoms with E-state index >= 15 is 0 Å². The lowest BCUT2D eigenvalue weighted by molar-refractivity contribution is 0.0935. The normalized spacial score (nSPS) is 27.2. The maximum Gasteiger partial charge on any atom is 0.261 e. The molecule has 0 radical (unpaired) electrons. The molecule has 2 aliphatic rings. The molecule has 4 heterocycles. The Morgan fingerprint density at radius 3 is 3.05 bits per heavy atom. The molecule has 2 bridgehead atoms. The average Bonchev–Trinajstić information content (AvgIpc) is 3.22. The Labute approximate surface area is 126 Å². The van der Waals surface area contributed by atoms with Gasteiger partial charge in [-0.05, 0) is 38.3 Å². The van der Waals surface area contributed by atoms with E-state index in [0.717, 1.165) is 17.1 Å². The minimum Gasteiger partial charge on any atom is -0.441 e. The molecule has 3 atom stereocenters. The van der Waals surface area contributed by atoms with Gasteiger partial charge in [-0.15, -0.1) is 11.3 Å². The Morgan fingerprint density at radius 2 is 2.38 bits per heavy atom. The van der Waals surface area contributed by atoms with Crippen molar-refractivity contribution in [2.24, 2.45) is 0 Å². The summed E-state index contributed by atoms with van der Waals surface area (Å²) in [4.78, 5) is 18.1. The van der Waals surface area contributed by atoms with E-state index in [2.05, 4.69) is 15.6 Å². The van der Waals surface area contributed by atoms with Gasteiger partial charge in [-0.1, -0.05) is 0 Å². The third-order valence-corrected chi connectivity index (χ3v) is 5.35. The van der Waals surface area contributed by atoms with E-state index < -0.39 is 0 Å². The molecular weight excluding hydrogens is 286 g/mol. The van der Waals surface area contributed by atoms with Crippen LogP contribution >= 0.6 is 11.3 Å². The molecule has 0 saturated carbocycles. The topological polar surface area (TPSA) is 67.2 Å². The molecule has 1 amide bonds. The van der Waals surface area contributed by atoms with E-state index in [-0.39, 0.29) is 11.9 Å². The molecular formula is C15H17N3O2S. The molecule has 2 saturated heterocycles. The first-order valence-corrected chi connectivity index (χ1v) is 8.10. The number of aryl methyl sites for hydroxylation is 1. The zero-order chi connectivity index (χ0) is 14.4. The van der Waals surface area contributed by atoms with E-state index in [1.165, 1.54) is 24.2 Å². The number of amides is 1. The number of hydrogen-bond donors (Lipinski definition) is 2. The predicted molar refractivity (Wildman–Crippen MR) is 80.4 cm³/mol. The lowest BCUT2D eigenvalue weighted by Gasteiger charge is -2.20. The Bertz CT molecular complexity index is 678. The summed E-state index contributed by atoms with van der Waals surface area (Å²) in [6, 6.07) is 5.05. The van der Waals surface area contributed by atoms with Crippen molar-refractivity contribution in [3.63, 3.8) is 0 Å². The minimum atomic E-state index is 0.00822. The van der Waals surface area contributed by atoms with Crippen molar-refractivity contribution in [2.75, 3.05) is 0 Å². The second kappa shape index (κ2) is 4.96. The molecule has 2 aliphatic heterocycles. The lowest BCUT2D eigenvalue weighted by atomic mass is 9.95. The fourth-order valence-corrected chi connectivity index (χ4v) is 4.11. The van der Waals surface area contributed by atoms with Crippen molar-refractivity contribution in [1.29, 1.82) is 0 Å². The highest BCUT2D eigenvalue weighted by atomic mass is 32.1. The first kappa shape index (κ1) is 13.0. The van der Waals surface area contributed by atoms with Crippen LogP contribution in [0.2, 0.25) is 0 Å². The summed E-state index contributed by atoms with van der Waals surface area (Å²) in [5, 5.41) is 6.69. The van der Waals surface area contributed by atoms with E-state index in [1.54, 1.807) is 6.20 Å². The van der Waals surface area contributed by atoms with Crippen molar-refractivity contribution < 1.29 is 9.21 Å². The van der Waals surface area contributed by atoms with Crippen LogP contribution in [0.1, 0.15) is 34.7 Å². The first-order valence-electron chi connectivity index (χ1n) is 7.28. The van der Waals surface area contributed by atoms with Crippen molar-refractivity contribution in [3.8, 4) is 10.8 Å². The van der Waals surface area contributed by atoms with Gasteiger partial charge in [0.25, 0.3) is 5.91 Å². The summed E-state index contributed by atoms with van der Waals surface area (Å²) < 4.78 is 5.49. The quantitative estimate of drug-likeness (QED) is 0.913. The van der Waals surface area contributed by atoms with Gasteiger partial charge in [0, 0.05) is 18.1 Å². The van der Waals surface area contributed by atoms with Gasteiger partial charge in [-0.3, -0.25) is 4.79 Å². The summed E-state index contributed by atoms with van der Waals surface area (Å²) in [5.74, 6) is 1.37. The van der Waals surface area contributed by atoms with Crippen LogP contribution in [0.3, 0.4) is 0 Å². The Kier molecular flexibility index (Phi) is 3.08. The molecule has 6 heteroatoms. The van der Waals surface area contributed by atoms with Crippen LogP contribution in [0.25, 0.3) is 10.8 Å². The molecule has 5 nitrogen and oxygen atoms in total. The zero-order valence-corrected chi connectivity index (χ0v) is 12.6. The number of oxazole rings is 1. The number of aromatic nitrogens is 1. The summed E-state index contributed by atoms with van der Waals surface area (Å²) in [5.41, 5.74) is 0. The van der Waals surface area contributed by atoms with E-state index in [4.69, 9.17) is 4.42 Å². The van der Waals surface area contributed by atoms with Crippen LogP contribution in [0.15, 0.2) is 22.7 Å². The maximum atomic E-state index is 12.3. The second-order valence-electron chi connectivity index (χ2n) is 5.80. The number of carbonyl (C=O) groups excluding carboxylic acids is 1. The molecule has 2 fully saturated rings. The number of nitrogens with one attached hydrogen (secondary N) is 2. The van der Waals surface area contributed by atoms with Gasteiger partial charge >= 0.3 is 0 Å². The van der Waals surface area contributed by atoms with Crippen molar-refractivity contribution in [1.82, 2.24) is 15.6 Å². The van der Waals surface area contributed by atoms with Gasteiger partial charge in [0.05, 0.1) is 16.0 Å². The summed E-state index contributed by atoms with van der Waals surface area (Å²) in [7, 11) is 0. The van der Waals surface area contributed by atoms with Crippen LogP contribution < -0.4 is 10.6 Å². The molecule has 21 heavy (non-hydrogen) atoms. The fourth-order valence-electron chi connectivity index (χ4n) is 3.27. The molecule has 4 rings (SSSR count). The maximum absolute atomic E-state index is 12.3. The molecule has 0 aromatic carbocycles. The van der Waals surface area contributed by atoms with Crippen molar-refractivity contribution in [3.05, 3.63) is 29.0 Å². The molecule has 2 N–H and O–H groups in total. The highest BCUT2D eigenvalue weighted by Crippen LogP contribution is 2.30. The minimum absolute atomic E-state index is 0.00822. The van der Waals surface area contributed by atoms with Crippen LogP contribution in [0, 0.1) is 6.92 Å². The van der Waals surface area contributed by atoms with Crippen LogP contribution in [-0.4, -0.2) is 29.0 Å². The van der Waals surface area contributed by atoms with Gasteiger partial charge in [-0.25, -0.2) is 4.98 Å². The summed E-state index contributed by atoms with van der Waals surface area (Å²) in [6.07, 6.45) is 5.15. The fraction of sp³-hybridized carbons (Fsp3) is 0.467. The SMILES string of the molecule is Cc1cnc(-c2ccc(C(=O)NC3CC4CCC3N4)s2)o1. The van der Waals surface area contributed by atoms with Gasteiger partial charge < -0.3 is 15.1 Å². The molecule has 110 valence electrons. The Morgan fingerprint density at radius 1 is 1.48 bits per heavy atom.